The van der Waals surface area contributed by atoms with Crippen molar-refractivity contribution >= 4 is 40.4 Å². The third-order valence-corrected chi connectivity index (χ3v) is 4.31. The van der Waals surface area contributed by atoms with Crippen molar-refractivity contribution in [2.45, 2.75) is 6.42 Å². The van der Waals surface area contributed by atoms with Gasteiger partial charge in [0.2, 0.25) is 0 Å². The molecule has 0 aliphatic rings. The van der Waals surface area contributed by atoms with E-state index < -0.39 is 5.97 Å². The second-order valence-corrected chi connectivity index (χ2v) is 6.54. The van der Waals surface area contributed by atoms with Gasteiger partial charge in [-0.3, -0.25) is 4.79 Å². The Hall–Kier alpha value is -2.55. The van der Waals surface area contributed by atoms with Crippen LogP contribution in [-0.2, 0) is 20.7 Å². The Labute approximate surface area is 164 Å². The number of phenols is 2. The van der Waals surface area contributed by atoms with E-state index in [1.807, 2.05) is 22.6 Å². The van der Waals surface area contributed by atoms with Crippen LogP contribution in [0.1, 0.15) is 11.1 Å². The lowest BCUT2D eigenvalue weighted by Crippen LogP contribution is -2.14. The first kappa shape index (κ1) is 19.8. The van der Waals surface area contributed by atoms with E-state index in [2.05, 4.69) is 0 Å². The average Bonchev–Trinajstić information content (AvgIpc) is 2.61. The summed E-state index contributed by atoms with van der Waals surface area (Å²) >= 11 is 1.99. The summed E-state index contributed by atoms with van der Waals surface area (Å²) in [6.07, 6.45) is 2.70. The molecule has 0 spiro atoms. The summed E-state index contributed by atoms with van der Waals surface area (Å²) in [6.45, 7) is -0.357. The predicted molar refractivity (Wildman–Crippen MR) is 104 cm³/mol. The second kappa shape index (κ2) is 9.23. The van der Waals surface area contributed by atoms with Gasteiger partial charge in [0.1, 0.15) is 5.75 Å². The fourth-order valence-electron chi connectivity index (χ4n) is 2.12. The van der Waals surface area contributed by atoms with Gasteiger partial charge in [-0.05, 0) is 64.1 Å². The van der Waals surface area contributed by atoms with Crippen LogP contribution in [0.3, 0.4) is 0 Å². The number of aromatic hydroxyl groups is 2. The lowest BCUT2D eigenvalue weighted by molar-refractivity contribution is -0.142. The first-order chi connectivity index (χ1) is 12.4. The molecule has 0 unspecified atom stereocenters. The fourth-order valence-corrected chi connectivity index (χ4v) is 2.46. The highest BCUT2D eigenvalue weighted by molar-refractivity contribution is 14.1. The van der Waals surface area contributed by atoms with Gasteiger partial charge in [0.15, 0.2) is 23.9 Å². The summed E-state index contributed by atoms with van der Waals surface area (Å²) in [6, 6.07) is 9.63. The van der Waals surface area contributed by atoms with Crippen molar-refractivity contribution in [3.63, 3.8) is 0 Å². The van der Waals surface area contributed by atoms with Gasteiger partial charge in [-0.25, -0.2) is 4.79 Å². The minimum atomic E-state index is -0.667. The fraction of sp³-hybridized carbons (Fsp3) is 0.158. The number of halogens is 1. The smallest absolute Gasteiger partial charge is 0.331 e. The highest BCUT2D eigenvalue weighted by atomic mass is 127. The van der Waals surface area contributed by atoms with Crippen LogP contribution in [0.15, 0.2) is 42.5 Å². The molecule has 0 aliphatic heterocycles. The molecule has 7 heteroatoms. The number of benzene rings is 2. The Morgan fingerprint density at radius 2 is 1.88 bits per heavy atom. The van der Waals surface area contributed by atoms with E-state index in [0.717, 1.165) is 0 Å². The van der Waals surface area contributed by atoms with Crippen molar-refractivity contribution in [2.75, 3.05) is 13.7 Å². The van der Waals surface area contributed by atoms with Crippen LogP contribution >= 0.6 is 22.6 Å². The number of carbonyl (C=O) groups is 2. The molecule has 0 bridgehead atoms. The van der Waals surface area contributed by atoms with Crippen LogP contribution in [0.4, 0.5) is 0 Å². The molecule has 2 aromatic carbocycles. The van der Waals surface area contributed by atoms with E-state index in [4.69, 9.17) is 9.47 Å². The minimum absolute atomic E-state index is 0.0426. The average molecular weight is 468 g/mol. The number of phenolic OH excluding ortho intramolecular Hbond substituents is 2. The molecule has 0 saturated heterocycles. The van der Waals surface area contributed by atoms with Gasteiger partial charge in [-0.15, -0.1) is 0 Å². The number of rotatable bonds is 7. The number of esters is 1. The summed E-state index contributed by atoms with van der Waals surface area (Å²) < 4.78 is 10.5. The standard InChI is InChI=1S/C19H17IO6/c1-25-18-6-3-12(9-17(18)23)4-7-19(24)26-11-14(21)8-13-2-5-15(20)16(22)10-13/h2-7,9-10,22-23H,8,11H2,1H3/b7-4+. The lowest BCUT2D eigenvalue weighted by atomic mass is 10.1. The van der Waals surface area contributed by atoms with Crippen molar-refractivity contribution < 1.29 is 29.3 Å². The zero-order chi connectivity index (χ0) is 19.1. The first-order valence-corrected chi connectivity index (χ1v) is 8.68. The molecule has 26 heavy (non-hydrogen) atoms. The number of carbonyl (C=O) groups excluding carboxylic acids is 2. The molecule has 0 saturated carbocycles. The van der Waals surface area contributed by atoms with Crippen molar-refractivity contribution in [3.8, 4) is 17.2 Å². The molecule has 0 atom stereocenters. The molecule has 2 rings (SSSR count). The number of methoxy groups -OCH3 is 1. The maximum Gasteiger partial charge on any atom is 0.331 e. The van der Waals surface area contributed by atoms with Crippen LogP contribution in [0.2, 0.25) is 0 Å². The van der Waals surface area contributed by atoms with E-state index in [0.29, 0.717) is 20.4 Å². The normalized spacial score (nSPS) is 10.7. The van der Waals surface area contributed by atoms with Crippen LogP contribution in [0.5, 0.6) is 17.2 Å². The molecule has 0 aliphatic carbocycles. The van der Waals surface area contributed by atoms with Gasteiger partial charge in [0.25, 0.3) is 0 Å². The van der Waals surface area contributed by atoms with Gasteiger partial charge in [0, 0.05) is 12.5 Å². The molecular weight excluding hydrogens is 451 g/mol. The molecule has 0 amide bonds. The van der Waals surface area contributed by atoms with Crippen molar-refractivity contribution in [1.82, 2.24) is 0 Å². The van der Waals surface area contributed by atoms with Crippen LogP contribution in [-0.4, -0.2) is 35.7 Å². The second-order valence-electron chi connectivity index (χ2n) is 5.37. The zero-order valence-electron chi connectivity index (χ0n) is 13.9. The van der Waals surface area contributed by atoms with Gasteiger partial charge in [0.05, 0.1) is 10.7 Å². The quantitative estimate of drug-likeness (QED) is 0.369. The SMILES string of the molecule is COc1ccc(/C=C/C(=O)OCC(=O)Cc2ccc(I)c(O)c2)cc1O. The van der Waals surface area contributed by atoms with E-state index in [1.165, 1.54) is 31.4 Å². The Kier molecular flexibility index (Phi) is 7.02. The summed E-state index contributed by atoms with van der Waals surface area (Å²) in [5, 5.41) is 19.3. The number of hydrogen-bond donors (Lipinski definition) is 2. The Bertz CT molecular complexity index is 844. The van der Waals surface area contributed by atoms with Gasteiger partial charge >= 0.3 is 5.97 Å². The maximum atomic E-state index is 11.9. The van der Waals surface area contributed by atoms with Crippen molar-refractivity contribution in [3.05, 3.63) is 57.2 Å². The molecule has 0 radical (unpaired) electrons. The van der Waals surface area contributed by atoms with E-state index in [-0.39, 0.29) is 30.3 Å². The Morgan fingerprint density at radius 3 is 2.54 bits per heavy atom. The predicted octanol–water partition coefficient (Wildman–Crippen LogP) is 3.08. The van der Waals surface area contributed by atoms with E-state index in [1.54, 1.807) is 24.3 Å². The highest BCUT2D eigenvalue weighted by Gasteiger charge is 2.09. The summed E-state index contributed by atoms with van der Waals surface area (Å²) in [5.74, 6) is -0.553. The molecule has 2 N–H and O–H groups in total. The summed E-state index contributed by atoms with van der Waals surface area (Å²) in [7, 11) is 1.44. The lowest BCUT2D eigenvalue weighted by Gasteiger charge is -2.04. The van der Waals surface area contributed by atoms with E-state index in [9.17, 15) is 19.8 Å². The number of ether oxygens (including phenoxy) is 2. The van der Waals surface area contributed by atoms with Gasteiger partial charge in [-0.2, -0.15) is 0 Å². The van der Waals surface area contributed by atoms with Crippen LogP contribution in [0, 0.1) is 3.57 Å². The maximum absolute atomic E-state index is 11.9. The van der Waals surface area contributed by atoms with E-state index >= 15 is 0 Å². The number of ketones is 1. The summed E-state index contributed by atoms with van der Waals surface area (Å²) in [5.41, 5.74) is 1.23. The molecule has 0 heterocycles. The monoisotopic (exact) mass is 468 g/mol. The summed E-state index contributed by atoms with van der Waals surface area (Å²) in [4.78, 5) is 23.6. The molecule has 0 fully saturated rings. The molecular formula is C19H17IO6. The van der Waals surface area contributed by atoms with Gasteiger partial charge in [-0.1, -0.05) is 12.1 Å². The van der Waals surface area contributed by atoms with Crippen LogP contribution in [0.25, 0.3) is 6.08 Å². The van der Waals surface area contributed by atoms with Gasteiger partial charge < -0.3 is 19.7 Å². The largest absolute Gasteiger partial charge is 0.507 e. The molecule has 6 nitrogen and oxygen atoms in total. The molecule has 2 aromatic rings. The highest BCUT2D eigenvalue weighted by Crippen LogP contribution is 2.26. The Balaban J connectivity index is 1.84. The third kappa shape index (κ3) is 5.76. The molecule has 0 aromatic heterocycles. The van der Waals surface area contributed by atoms with Crippen molar-refractivity contribution in [1.29, 1.82) is 0 Å². The van der Waals surface area contributed by atoms with Crippen LogP contribution < -0.4 is 4.74 Å². The van der Waals surface area contributed by atoms with Crippen molar-refractivity contribution in [2.24, 2.45) is 0 Å². The Morgan fingerprint density at radius 1 is 1.12 bits per heavy atom. The number of Topliss-reactive ketones (excluding diaryl/α,β-unsaturated/α-hetero) is 1. The zero-order valence-corrected chi connectivity index (χ0v) is 16.1. The topological polar surface area (TPSA) is 93.1 Å². The first-order valence-electron chi connectivity index (χ1n) is 7.60. The number of hydrogen-bond acceptors (Lipinski definition) is 6. The third-order valence-electron chi connectivity index (χ3n) is 3.40. The molecule has 136 valence electrons. The minimum Gasteiger partial charge on any atom is -0.507 e.